The molecule has 0 saturated heterocycles. The first-order chi connectivity index (χ1) is 8.11. The molecular formula is C12H13BrN2O2. The molecule has 5 heteroatoms. The molecule has 0 spiro atoms. The average molecular weight is 297 g/mol. The van der Waals surface area contributed by atoms with Crippen molar-refractivity contribution < 1.29 is 9.63 Å². The SMILES string of the molecule is CCC(C)c1noc(-c2ccc(Br)cc2O)n1. The molecule has 90 valence electrons. The number of nitrogens with zero attached hydrogens (tertiary/aromatic N) is 2. The van der Waals surface area contributed by atoms with Gasteiger partial charge in [-0.3, -0.25) is 0 Å². The van der Waals surface area contributed by atoms with E-state index in [1.165, 1.54) is 0 Å². The van der Waals surface area contributed by atoms with Crippen molar-refractivity contribution in [3.8, 4) is 17.2 Å². The fourth-order valence-corrected chi connectivity index (χ4v) is 1.76. The van der Waals surface area contributed by atoms with Crippen LogP contribution in [0.25, 0.3) is 11.5 Å². The molecule has 1 unspecified atom stereocenters. The summed E-state index contributed by atoms with van der Waals surface area (Å²) in [5.74, 6) is 1.40. The van der Waals surface area contributed by atoms with Gasteiger partial charge in [-0.25, -0.2) is 0 Å². The molecule has 0 aliphatic heterocycles. The van der Waals surface area contributed by atoms with E-state index in [0.29, 0.717) is 17.3 Å². The highest BCUT2D eigenvalue weighted by atomic mass is 79.9. The number of phenols is 1. The Morgan fingerprint density at radius 3 is 2.88 bits per heavy atom. The van der Waals surface area contributed by atoms with Crippen molar-refractivity contribution >= 4 is 15.9 Å². The molecule has 4 nitrogen and oxygen atoms in total. The topological polar surface area (TPSA) is 59.2 Å². The number of aromatic hydroxyl groups is 1. The zero-order valence-electron chi connectivity index (χ0n) is 9.64. The summed E-state index contributed by atoms with van der Waals surface area (Å²) in [6, 6.07) is 5.16. The summed E-state index contributed by atoms with van der Waals surface area (Å²) in [4.78, 5) is 4.29. The normalized spacial score (nSPS) is 12.6. The lowest BCUT2D eigenvalue weighted by Crippen LogP contribution is -1.93. The number of phenolic OH excluding ortho intramolecular Hbond substituents is 1. The van der Waals surface area contributed by atoms with Crippen molar-refractivity contribution in [2.24, 2.45) is 0 Å². The van der Waals surface area contributed by atoms with Crippen LogP contribution >= 0.6 is 15.9 Å². The van der Waals surface area contributed by atoms with E-state index in [4.69, 9.17) is 4.52 Å². The standard InChI is InChI=1S/C12H13BrN2O2/c1-3-7(2)11-14-12(17-15-11)9-5-4-8(13)6-10(9)16/h4-7,16H,3H2,1-2H3. The summed E-state index contributed by atoms with van der Waals surface area (Å²) < 4.78 is 5.96. The molecule has 1 aromatic heterocycles. The van der Waals surface area contributed by atoms with Crippen LogP contribution in [0.15, 0.2) is 27.2 Å². The summed E-state index contributed by atoms with van der Waals surface area (Å²) in [5, 5.41) is 13.7. The fourth-order valence-electron chi connectivity index (χ4n) is 1.41. The third-order valence-electron chi connectivity index (χ3n) is 2.69. The van der Waals surface area contributed by atoms with Gasteiger partial charge in [-0.2, -0.15) is 4.98 Å². The van der Waals surface area contributed by atoms with Gasteiger partial charge in [0.1, 0.15) is 5.75 Å². The van der Waals surface area contributed by atoms with Crippen LogP contribution in [0.3, 0.4) is 0 Å². The van der Waals surface area contributed by atoms with Gasteiger partial charge in [0.15, 0.2) is 5.82 Å². The van der Waals surface area contributed by atoms with Crippen LogP contribution in [-0.2, 0) is 0 Å². The van der Waals surface area contributed by atoms with E-state index in [-0.39, 0.29) is 11.7 Å². The Hall–Kier alpha value is -1.36. The average Bonchev–Trinajstić information content (AvgIpc) is 2.77. The number of hydrogen-bond donors (Lipinski definition) is 1. The number of aromatic nitrogens is 2. The maximum absolute atomic E-state index is 9.79. The van der Waals surface area contributed by atoms with Crippen molar-refractivity contribution in [1.29, 1.82) is 0 Å². The highest BCUT2D eigenvalue weighted by Gasteiger charge is 2.15. The monoisotopic (exact) mass is 296 g/mol. The molecular weight excluding hydrogens is 284 g/mol. The molecule has 0 aliphatic carbocycles. The van der Waals surface area contributed by atoms with E-state index < -0.39 is 0 Å². The molecule has 1 N–H and O–H groups in total. The smallest absolute Gasteiger partial charge is 0.261 e. The van der Waals surface area contributed by atoms with E-state index in [2.05, 4.69) is 33.0 Å². The van der Waals surface area contributed by atoms with Gasteiger partial charge < -0.3 is 9.63 Å². The van der Waals surface area contributed by atoms with Crippen LogP contribution in [0.5, 0.6) is 5.75 Å². The Morgan fingerprint density at radius 2 is 2.24 bits per heavy atom. The van der Waals surface area contributed by atoms with Crippen LogP contribution < -0.4 is 0 Å². The highest BCUT2D eigenvalue weighted by Crippen LogP contribution is 2.31. The number of benzene rings is 1. The third kappa shape index (κ3) is 2.49. The van der Waals surface area contributed by atoms with Gasteiger partial charge >= 0.3 is 0 Å². The summed E-state index contributed by atoms with van der Waals surface area (Å²) in [5.41, 5.74) is 0.551. The predicted molar refractivity (Wildman–Crippen MR) is 67.8 cm³/mol. The number of halogens is 1. The van der Waals surface area contributed by atoms with Gasteiger partial charge in [-0.15, -0.1) is 0 Å². The maximum Gasteiger partial charge on any atom is 0.261 e. The predicted octanol–water partition coefficient (Wildman–Crippen LogP) is 3.72. The van der Waals surface area contributed by atoms with Crippen molar-refractivity contribution in [3.05, 3.63) is 28.5 Å². The maximum atomic E-state index is 9.79. The minimum Gasteiger partial charge on any atom is -0.507 e. The van der Waals surface area contributed by atoms with Crippen molar-refractivity contribution in [2.45, 2.75) is 26.2 Å². The first-order valence-electron chi connectivity index (χ1n) is 5.44. The van der Waals surface area contributed by atoms with Crippen LogP contribution in [0.2, 0.25) is 0 Å². The van der Waals surface area contributed by atoms with Gasteiger partial charge in [0.05, 0.1) is 5.56 Å². The lowest BCUT2D eigenvalue weighted by atomic mass is 10.1. The van der Waals surface area contributed by atoms with Crippen LogP contribution in [0.1, 0.15) is 32.0 Å². The van der Waals surface area contributed by atoms with Gasteiger partial charge in [0.2, 0.25) is 0 Å². The fraction of sp³-hybridized carbons (Fsp3) is 0.333. The number of rotatable bonds is 3. The molecule has 17 heavy (non-hydrogen) atoms. The third-order valence-corrected chi connectivity index (χ3v) is 3.18. The molecule has 1 atom stereocenters. The molecule has 0 aliphatic rings. The van der Waals surface area contributed by atoms with E-state index in [1.807, 2.05) is 13.0 Å². The van der Waals surface area contributed by atoms with E-state index in [9.17, 15) is 5.11 Å². The summed E-state index contributed by atoms with van der Waals surface area (Å²) in [6.45, 7) is 4.11. The lowest BCUT2D eigenvalue weighted by molar-refractivity contribution is 0.412. The van der Waals surface area contributed by atoms with Gasteiger partial charge in [0.25, 0.3) is 5.89 Å². The molecule has 0 bridgehead atoms. The Kier molecular flexibility index (Phi) is 3.47. The minimum atomic E-state index is 0.124. The van der Waals surface area contributed by atoms with Gasteiger partial charge in [-0.05, 0) is 24.6 Å². The molecule has 0 radical (unpaired) electrons. The van der Waals surface area contributed by atoms with Crippen LogP contribution in [-0.4, -0.2) is 15.2 Å². The molecule has 2 aromatic rings. The second-order valence-electron chi connectivity index (χ2n) is 3.93. The Balaban J connectivity index is 2.37. The molecule has 1 heterocycles. The largest absolute Gasteiger partial charge is 0.507 e. The van der Waals surface area contributed by atoms with Crippen molar-refractivity contribution in [2.75, 3.05) is 0 Å². The minimum absolute atomic E-state index is 0.124. The quantitative estimate of drug-likeness (QED) is 0.938. The molecule has 0 saturated carbocycles. The second kappa shape index (κ2) is 4.87. The molecule has 1 aromatic carbocycles. The zero-order chi connectivity index (χ0) is 12.4. The van der Waals surface area contributed by atoms with E-state index in [1.54, 1.807) is 12.1 Å². The van der Waals surface area contributed by atoms with Gasteiger partial charge in [-0.1, -0.05) is 34.9 Å². The zero-order valence-corrected chi connectivity index (χ0v) is 11.2. The Bertz CT molecular complexity index is 525. The second-order valence-corrected chi connectivity index (χ2v) is 4.84. The van der Waals surface area contributed by atoms with Crippen LogP contribution in [0.4, 0.5) is 0 Å². The first-order valence-corrected chi connectivity index (χ1v) is 6.23. The molecule has 0 fully saturated rings. The lowest BCUT2D eigenvalue weighted by Gasteiger charge is -2.00. The van der Waals surface area contributed by atoms with E-state index >= 15 is 0 Å². The molecule has 0 amide bonds. The van der Waals surface area contributed by atoms with Crippen molar-refractivity contribution in [3.63, 3.8) is 0 Å². The van der Waals surface area contributed by atoms with E-state index in [0.717, 1.165) is 10.9 Å². The molecule has 2 rings (SSSR count). The summed E-state index contributed by atoms with van der Waals surface area (Å²) in [7, 11) is 0. The van der Waals surface area contributed by atoms with Gasteiger partial charge in [0, 0.05) is 10.4 Å². The highest BCUT2D eigenvalue weighted by molar-refractivity contribution is 9.10. The first kappa shape index (κ1) is 12.1. The Morgan fingerprint density at radius 1 is 1.47 bits per heavy atom. The Labute approximate surface area is 108 Å². The van der Waals surface area contributed by atoms with Crippen LogP contribution in [0, 0.1) is 0 Å². The van der Waals surface area contributed by atoms with Crippen molar-refractivity contribution in [1.82, 2.24) is 10.1 Å². The summed E-state index contributed by atoms with van der Waals surface area (Å²) >= 11 is 3.28. The number of hydrogen-bond acceptors (Lipinski definition) is 4. The summed E-state index contributed by atoms with van der Waals surface area (Å²) in [6.07, 6.45) is 0.950.